The third-order valence-corrected chi connectivity index (χ3v) is 2.73. The number of nitrogens with one attached hydrogen (secondary N) is 1. The zero-order chi connectivity index (χ0) is 14.9. The molecule has 0 radical (unpaired) electrons. The second-order valence-electron chi connectivity index (χ2n) is 3.82. The van der Waals surface area contributed by atoms with E-state index in [0.717, 1.165) is 10.6 Å². The first-order valence-corrected chi connectivity index (χ1v) is 5.84. The minimum absolute atomic E-state index is 0.0705. The Labute approximate surface area is 112 Å². The summed E-state index contributed by atoms with van der Waals surface area (Å²) in [5.74, 6) is -0.995. The van der Waals surface area contributed by atoms with Crippen LogP contribution in [0.2, 0.25) is 0 Å². The Hall–Kier alpha value is -2.02. The zero-order valence-electron chi connectivity index (χ0n) is 9.81. The molecule has 0 saturated heterocycles. The van der Waals surface area contributed by atoms with Gasteiger partial charge < -0.3 is 5.32 Å². The fourth-order valence-corrected chi connectivity index (χ4v) is 1.75. The number of hydrogen-bond acceptors (Lipinski definition) is 4. The number of aldehydes is 1. The molecular weight excluding hydrogens is 296 g/mol. The van der Waals surface area contributed by atoms with Crippen LogP contribution in [0.1, 0.15) is 21.0 Å². The molecule has 0 spiro atoms. The highest BCUT2D eigenvalue weighted by Crippen LogP contribution is 2.13. The van der Waals surface area contributed by atoms with Gasteiger partial charge in [0, 0.05) is 5.30 Å². The molecule has 1 N–H and O–H groups in total. The number of fused-ring (bicyclic) bond motifs is 1. The third-order valence-electron chi connectivity index (χ3n) is 2.32. The average Bonchev–Trinajstić information content (AvgIpc) is 2.76. The number of aromatic nitrogens is 3. The number of amides is 1. The number of carbonyl (C=O) groups is 2. The monoisotopic (exact) mass is 304 g/mol. The van der Waals surface area contributed by atoms with E-state index in [2.05, 4.69) is 19.3 Å². The largest absolute Gasteiger partial charge is 0.405 e. The molecule has 2 aromatic rings. The number of halogens is 3. The lowest BCUT2D eigenvalue weighted by Crippen LogP contribution is -2.35. The highest BCUT2D eigenvalue weighted by Gasteiger charge is 2.28. The summed E-state index contributed by atoms with van der Waals surface area (Å²) in [5, 5.41) is 6.06. The van der Waals surface area contributed by atoms with Crippen LogP contribution < -0.4 is 10.6 Å². The Balaban J connectivity index is 2.42. The van der Waals surface area contributed by atoms with Crippen LogP contribution in [0.15, 0.2) is 12.3 Å². The van der Waals surface area contributed by atoms with Gasteiger partial charge in [0.25, 0.3) is 5.91 Å². The molecule has 1 amide bonds. The predicted molar refractivity (Wildman–Crippen MR) is 66.1 cm³/mol. The third kappa shape index (κ3) is 2.93. The van der Waals surface area contributed by atoms with Gasteiger partial charge >= 0.3 is 6.18 Å². The van der Waals surface area contributed by atoms with Crippen LogP contribution in [0.25, 0.3) is 5.65 Å². The summed E-state index contributed by atoms with van der Waals surface area (Å²) in [5.41, 5.74) is -0.0642. The van der Waals surface area contributed by atoms with Crippen molar-refractivity contribution in [1.29, 1.82) is 0 Å². The Morgan fingerprint density at radius 2 is 2.20 bits per heavy atom. The van der Waals surface area contributed by atoms with Crippen molar-refractivity contribution in [3.05, 3.63) is 23.7 Å². The molecule has 0 fully saturated rings. The normalized spacial score (nSPS) is 11.6. The van der Waals surface area contributed by atoms with Gasteiger partial charge in [-0.15, -0.1) is 0 Å². The second kappa shape index (κ2) is 5.16. The quantitative estimate of drug-likeness (QED) is 0.655. The van der Waals surface area contributed by atoms with Crippen LogP contribution in [0.3, 0.4) is 0 Å². The summed E-state index contributed by atoms with van der Waals surface area (Å²) < 4.78 is 37.3. The Morgan fingerprint density at radius 3 is 2.80 bits per heavy atom. The van der Waals surface area contributed by atoms with Crippen molar-refractivity contribution in [2.45, 2.75) is 6.18 Å². The number of carbonyl (C=O) groups excluding carboxylic acids is 2. The second-order valence-corrected chi connectivity index (χ2v) is 4.44. The fraction of sp³-hybridized carbons (Fsp3) is 0.200. The first kappa shape index (κ1) is 14.4. The van der Waals surface area contributed by atoms with Crippen molar-refractivity contribution in [2.75, 3.05) is 6.54 Å². The molecule has 0 aliphatic carbocycles. The van der Waals surface area contributed by atoms with Crippen molar-refractivity contribution in [3.63, 3.8) is 0 Å². The van der Waals surface area contributed by atoms with E-state index >= 15 is 0 Å². The first-order valence-electron chi connectivity index (χ1n) is 5.26. The van der Waals surface area contributed by atoms with Crippen molar-refractivity contribution >= 4 is 32.4 Å². The summed E-state index contributed by atoms with van der Waals surface area (Å²) in [7, 11) is 2.30. The molecule has 0 bridgehead atoms. The minimum atomic E-state index is -4.52. The highest BCUT2D eigenvalue weighted by molar-refractivity contribution is 7.28. The maximum Gasteiger partial charge on any atom is 0.405 e. The Morgan fingerprint density at radius 1 is 1.50 bits per heavy atom. The zero-order valence-corrected chi connectivity index (χ0v) is 11.0. The van der Waals surface area contributed by atoms with Gasteiger partial charge in [0.1, 0.15) is 17.9 Å². The summed E-state index contributed by atoms with van der Waals surface area (Å²) in [6, 6.07) is 1.07. The van der Waals surface area contributed by atoms with E-state index in [1.165, 1.54) is 6.20 Å². The lowest BCUT2D eigenvalue weighted by atomic mass is 10.3. The number of rotatable bonds is 3. The van der Waals surface area contributed by atoms with Gasteiger partial charge in [-0.1, -0.05) is 9.24 Å². The number of nitrogens with zero attached hydrogens (tertiary/aromatic N) is 3. The van der Waals surface area contributed by atoms with E-state index < -0.39 is 18.6 Å². The topological polar surface area (TPSA) is 76.4 Å². The summed E-state index contributed by atoms with van der Waals surface area (Å²) in [4.78, 5) is 26.4. The smallest absolute Gasteiger partial charge is 0.342 e. The molecule has 2 aromatic heterocycles. The Kier molecular flexibility index (Phi) is 3.71. The molecule has 1 unspecified atom stereocenters. The average molecular weight is 304 g/mol. The van der Waals surface area contributed by atoms with E-state index in [-0.39, 0.29) is 17.0 Å². The molecule has 106 valence electrons. The highest BCUT2D eigenvalue weighted by atomic mass is 31.0. The van der Waals surface area contributed by atoms with Gasteiger partial charge in [0.2, 0.25) is 0 Å². The number of hydrogen-bond donors (Lipinski definition) is 1. The molecular formula is C10H8F3N4O2P. The van der Waals surface area contributed by atoms with Crippen LogP contribution in [0, 0.1) is 0 Å². The molecule has 20 heavy (non-hydrogen) atoms. The van der Waals surface area contributed by atoms with Gasteiger partial charge in [-0.05, 0) is 6.07 Å². The van der Waals surface area contributed by atoms with Gasteiger partial charge in [-0.3, -0.25) is 9.59 Å². The maximum absolute atomic E-state index is 12.1. The lowest BCUT2D eigenvalue weighted by Gasteiger charge is -2.09. The molecule has 10 heteroatoms. The SMILES string of the molecule is O=Cc1cc(C(=O)NCC(F)(F)F)n2ncc(P)c2n1. The van der Waals surface area contributed by atoms with E-state index in [0.29, 0.717) is 11.6 Å². The summed E-state index contributed by atoms with van der Waals surface area (Å²) in [6.45, 7) is -1.47. The molecule has 0 aliphatic heterocycles. The van der Waals surface area contributed by atoms with Crippen molar-refractivity contribution in [3.8, 4) is 0 Å². The van der Waals surface area contributed by atoms with E-state index in [9.17, 15) is 22.8 Å². The molecule has 1 atom stereocenters. The molecule has 0 aromatic carbocycles. The number of alkyl halides is 3. The molecule has 6 nitrogen and oxygen atoms in total. The van der Waals surface area contributed by atoms with Crippen molar-refractivity contribution in [2.24, 2.45) is 0 Å². The van der Waals surface area contributed by atoms with Crippen LogP contribution in [0.4, 0.5) is 13.2 Å². The summed E-state index contributed by atoms with van der Waals surface area (Å²) >= 11 is 0. The van der Waals surface area contributed by atoms with E-state index in [4.69, 9.17) is 0 Å². The minimum Gasteiger partial charge on any atom is -0.342 e. The fourth-order valence-electron chi connectivity index (χ4n) is 1.49. The van der Waals surface area contributed by atoms with Gasteiger partial charge in [0.05, 0.1) is 6.20 Å². The van der Waals surface area contributed by atoms with Gasteiger partial charge in [0.15, 0.2) is 11.9 Å². The summed E-state index contributed by atoms with van der Waals surface area (Å²) in [6.07, 6.45) is -2.76. The molecule has 0 aliphatic rings. The first-order chi connectivity index (χ1) is 9.31. The van der Waals surface area contributed by atoms with Crippen LogP contribution >= 0.6 is 9.24 Å². The Bertz CT molecular complexity index is 683. The molecule has 2 heterocycles. The van der Waals surface area contributed by atoms with Gasteiger partial charge in [-0.25, -0.2) is 9.50 Å². The predicted octanol–water partition coefficient (Wildman–Crippen LogP) is 0.334. The molecule has 2 rings (SSSR count). The lowest BCUT2D eigenvalue weighted by molar-refractivity contribution is -0.123. The molecule has 0 saturated carbocycles. The van der Waals surface area contributed by atoms with Crippen LogP contribution in [0.5, 0.6) is 0 Å². The van der Waals surface area contributed by atoms with E-state index in [1.807, 2.05) is 0 Å². The maximum atomic E-state index is 12.1. The van der Waals surface area contributed by atoms with Crippen molar-refractivity contribution < 1.29 is 22.8 Å². The van der Waals surface area contributed by atoms with E-state index in [1.54, 1.807) is 5.32 Å². The standard InChI is InChI=1S/C10H8F3N4O2P/c11-10(12,13)4-14-9(19)6-1-5(3-18)16-8-7(20)2-15-17(6)8/h1-3H,4,20H2,(H,14,19). The van der Waals surface area contributed by atoms with Crippen LogP contribution in [-0.2, 0) is 0 Å². The van der Waals surface area contributed by atoms with Crippen LogP contribution in [-0.4, -0.2) is 39.5 Å². The van der Waals surface area contributed by atoms with Crippen molar-refractivity contribution in [1.82, 2.24) is 19.9 Å². The van der Waals surface area contributed by atoms with Gasteiger partial charge in [-0.2, -0.15) is 18.3 Å².